The molecule has 0 aliphatic rings. The highest BCUT2D eigenvalue weighted by Gasteiger charge is 2.41. The van der Waals surface area contributed by atoms with E-state index in [1.807, 2.05) is 26.0 Å². The third-order valence-electron chi connectivity index (χ3n) is 3.59. The minimum atomic E-state index is -0.939. The van der Waals surface area contributed by atoms with Gasteiger partial charge in [-0.15, -0.1) is 0 Å². The summed E-state index contributed by atoms with van der Waals surface area (Å²) in [6.45, 7) is 4.35. The Morgan fingerprint density at radius 3 is 2.38 bits per heavy atom. The molecule has 0 bridgehead atoms. The van der Waals surface area contributed by atoms with E-state index < -0.39 is 5.41 Å². The van der Waals surface area contributed by atoms with Gasteiger partial charge in [0.05, 0.1) is 0 Å². The van der Waals surface area contributed by atoms with Gasteiger partial charge in [-0.25, -0.2) is 0 Å². The molecule has 0 atom stereocenters. The maximum Gasteiger partial charge on any atom is 0.234 e. The summed E-state index contributed by atoms with van der Waals surface area (Å²) in [5.74, 6) is -0.211. The molecule has 0 aliphatic heterocycles. The van der Waals surface area contributed by atoms with Crippen LogP contribution in [0, 0.1) is 5.41 Å². The zero-order valence-electron chi connectivity index (χ0n) is 12.7. The van der Waals surface area contributed by atoms with Crippen LogP contribution < -0.4 is 11.1 Å². The first kappa shape index (κ1) is 16.9. The average Bonchev–Trinajstić information content (AvgIpc) is 2.52. The molecule has 0 radical (unpaired) electrons. The van der Waals surface area contributed by atoms with Gasteiger partial charge in [0, 0.05) is 18.9 Å². The molecule has 4 N–H and O–H groups in total. The summed E-state index contributed by atoms with van der Waals surface area (Å²) >= 11 is 0. The van der Waals surface area contributed by atoms with Gasteiger partial charge < -0.3 is 16.3 Å². The van der Waals surface area contributed by atoms with Crippen molar-refractivity contribution < 1.29 is 10.0 Å². The molecule has 1 aromatic heterocycles. The minimum Gasteiger partial charge on any atom is -0.409 e. The summed E-state index contributed by atoms with van der Waals surface area (Å²) in [7, 11) is 0. The van der Waals surface area contributed by atoms with Crippen LogP contribution in [0.2, 0.25) is 0 Å². The van der Waals surface area contributed by atoms with Crippen LogP contribution >= 0.6 is 0 Å². The number of nitrogens with one attached hydrogen (secondary N) is 1. The van der Waals surface area contributed by atoms with Crippen LogP contribution in [0.5, 0.6) is 0 Å². The number of nitrogens with zero attached hydrogens (tertiary/aromatic N) is 2. The van der Waals surface area contributed by atoms with Gasteiger partial charge in [-0.05, 0) is 30.5 Å². The van der Waals surface area contributed by atoms with Crippen LogP contribution in [-0.2, 0) is 11.3 Å². The largest absolute Gasteiger partial charge is 0.409 e. The molecule has 0 saturated heterocycles. The lowest BCUT2D eigenvalue weighted by molar-refractivity contribution is -0.128. The first-order chi connectivity index (χ1) is 10.1. The molecule has 6 heteroatoms. The standard InChI is InChI=1S/C15H24N4O2/c1-3-7-15(8-4-2,13(16)19-21)14(20)18-11-12-5-9-17-10-6-12/h5-6,9-10,21H,3-4,7-8,11H2,1-2H3,(H2,16,19)(H,18,20). The molecule has 0 spiro atoms. The molecule has 0 saturated carbocycles. The summed E-state index contributed by atoms with van der Waals surface area (Å²) in [5.41, 5.74) is 5.84. The van der Waals surface area contributed by atoms with Crippen molar-refractivity contribution in [2.45, 2.75) is 46.1 Å². The Bertz CT molecular complexity index is 468. The highest BCUT2D eigenvalue weighted by molar-refractivity contribution is 6.06. The van der Waals surface area contributed by atoms with E-state index in [1.54, 1.807) is 12.4 Å². The molecule has 1 rings (SSSR count). The van der Waals surface area contributed by atoms with Crippen molar-refractivity contribution in [2.24, 2.45) is 16.3 Å². The lowest BCUT2D eigenvalue weighted by atomic mass is 9.77. The summed E-state index contributed by atoms with van der Waals surface area (Å²) < 4.78 is 0. The fourth-order valence-electron chi connectivity index (χ4n) is 2.53. The molecule has 0 fully saturated rings. The fourth-order valence-corrected chi connectivity index (χ4v) is 2.53. The van der Waals surface area contributed by atoms with Gasteiger partial charge in [0.25, 0.3) is 0 Å². The van der Waals surface area contributed by atoms with Crippen molar-refractivity contribution in [1.82, 2.24) is 10.3 Å². The van der Waals surface area contributed by atoms with E-state index in [2.05, 4.69) is 15.5 Å². The first-order valence-corrected chi connectivity index (χ1v) is 7.26. The maximum absolute atomic E-state index is 12.6. The van der Waals surface area contributed by atoms with Crippen molar-refractivity contribution in [2.75, 3.05) is 0 Å². The number of hydrogen-bond acceptors (Lipinski definition) is 4. The molecule has 1 aromatic rings. The minimum absolute atomic E-state index is 0.0153. The zero-order valence-corrected chi connectivity index (χ0v) is 12.7. The highest BCUT2D eigenvalue weighted by Crippen LogP contribution is 2.30. The van der Waals surface area contributed by atoms with Crippen LogP contribution in [0.1, 0.15) is 45.1 Å². The molecule has 0 unspecified atom stereocenters. The number of pyridine rings is 1. The molecule has 1 heterocycles. The van der Waals surface area contributed by atoms with Gasteiger partial charge in [0.15, 0.2) is 5.84 Å². The lowest BCUT2D eigenvalue weighted by Gasteiger charge is -2.30. The number of rotatable bonds is 8. The zero-order chi connectivity index (χ0) is 15.7. The van der Waals surface area contributed by atoms with Crippen molar-refractivity contribution in [3.05, 3.63) is 30.1 Å². The molecule has 116 valence electrons. The van der Waals surface area contributed by atoms with Gasteiger partial charge in [-0.2, -0.15) is 0 Å². The Morgan fingerprint density at radius 1 is 1.33 bits per heavy atom. The molecule has 1 amide bonds. The van der Waals surface area contributed by atoms with E-state index in [0.29, 0.717) is 19.4 Å². The predicted molar refractivity (Wildman–Crippen MR) is 81.7 cm³/mol. The number of aromatic nitrogens is 1. The quantitative estimate of drug-likeness (QED) is 0.295. The molecule has 0 aromatic carbocycles. The number of nitrogens with two attached hydrogens (primary N) is 1. The molecular weight excluding hydrogens is 268 g/mol. The van der Waals surface area contributed by atoms with E-state index in [0.717, 1.165) is 18.4 Å². The van der Waals surface area contributed by atoms with Crippen molar-refractivity contribution in [3.63, 3.8) is 0 Å². The van der Waals surface area contributed by atoms with Crippen LogP contribution in [0.15, 0.2) is 29.7 Å². The van der Waals surface area contributed by atoms with Gasteiger partial charge >= 0.3 is 0 Å². The Hall–Kier alpha value is -2.11. The first-order valence-electron chi connectivity index (χ1n) is 7.26. The van der Waals surface area contributed by atoms with Crippen molar-refractivity contribution in [3.8, 4) is 0 Å². The lowest BCUT2D eigenvalue weighted by Crippen LogP contribution is -2.49. The van der Waals surface area contributed by atoms with Crippen molar-refractivity contribution in [1.29, 1.82) is 0 Å². The van der Waals surface area contributed by atoms with E-state index in [1.165, 1.54) is 0 Å². The third kappa shape index (κ3) is 4.18. The molecule has 6 nitrogen and oxygen atoms in total. The summed E-state index contributed by atoms with van der Waals surface area (Å²) in [5, 5.41) is 15.0. The second kappa shape index (κ2) is 8.24. The normalized spacial score (nSPS) is 12.2. The van der Waals surface area contributed by atoms with Gasteiger partial charge in [-0.1, -0.05) is 31.8 Å². The molecule has 21 heavy (non-hydrogen) atoms. The van der Waals surface area contributed by atoms with Crippen LogP contribution in [0.4, 0.5) is 0 Å². The maximum atomic E-state index is 12.6. The van der Waals surface area contributed by atoms with Gasteiger partial charge in [-0.3, -0.25) is 9.78 Å². The summed E-state index contributed by atoms with van der Waals surface area (Å²) in [6.07, 6.45) is 6.02. The van der Waals surface area contributed by atoms with E-state index in [-0.39, 0.29) is 11.7 Å². The van der Waals surface area contributed by atoms with E-state index >= 15 is 0 Å². The highest BCUT2D eigenvalue weighted by atomic mass is 16.4. The number of amidine groups is 1. The van der Waals surface area contributed by atoms with Crippen LogP contribution in [-0.4, -0.2) is 21.9 Å². The summed E-state index contributed by atoms with van der Waals surface area (Å²) in [6, 6.07) is 3.68. The van der Waals surface area contributed by atoms with Gasteiger partial charge in [0.1, 0.15) is 5.41 Å². The molecule has 0 aliphatic carbocycles. The Morgan fingerprint density at radius 2 is 1.90 bits per heavy atom. The smallest absolute Gasteiger partial charge is 0.234 e. The predicted octanol–water partition coefficient (Wildman–Crippen LogP) is 2.03. The SMILES string of the molecule is CCCC(CCC)(C(=O)NCc1ccncc1)C(N)=NO. The summed E-state index contributed by atoms with van der Waals surface area (Å²) in [4.78, 5) is 16.6. The second-order valence-corrected chi connectivity index (χ2v) is 5.11. The number of amides is 1. The van der Waals surface area contributed by atoms with E-state index in [9.17, 15) is 4.79 Å². The van der Waals surface area contributed by atoms with Gasteiger partial charge in [0.2, 0.25) is 5.91 Å². The Kier molecular flexibility index (Phi) is 6.65. The number of oxime groups is 1. The Labute approximate surface area is 125 Å². The second-order valence-electron chi connectivity index (χ2n) is 5.11. The topological polar surface area (TPSA) is 101 Å². The monoisotopic (exact) mass is 292 g/mol. The van der Waals surface area contributed by atoms with Crippen LogP contribution in [0.25, 0.3) is 0 Å². The number of carbonyl (C=O) groups excluding carboxylic acids is 1. The third-order valence-corrected chi connectivity index (χ3v) is 3.59. The molecular formula is C15H24N4O2. The average molecular weight is 292 g/mol. The fraction of sp³-hybridized carbons (Fsp3) is 0.533. The number of hydrogen-bond donors (Lipinski definition) is 3. The van der Waals surface area contributed by atoms with Crippen LogP contribution in [0.3, 0.4) is 0 Å². The Balaban J connectivity index is 2.88. The number of carbonyl (C=O) groups is 1. The van der Waals surface area contributed by atoms with Crippen molar-refractivity contribution >= 4 is 11.7 Å². The van der Waals surface area contributed by atoms with E-state index in [4.69, 9.17) is 10.9 Å².